The molecule has 0 amide bonds. The van der Waals surface area contributed by atoms with Gasteiger partial charge in [-0.3, -0.25) is 0 Å². The van der Waals surface area contributed by atoms with E-state index in [1.807, 2.05) is 30.3 Å². The smallest absolute Gasteiger partial charge is 0.184 e. The molecule has 0 fully saturated rings. The summed E-state index contributed by atoms with van der Waals surface area (Å²) in [4.78, 5) is 4.98. The Labute approximate surface area is 90.8 Å². The molecule has 14 heavy (non-hydrogen) atoms. The summed E-state index contributed by atoms with van der Waals surface area (Å²) < 4.78 is 0.466. The van der Waals surface area contributed by atoms with Crippen molar-refractivity contribution in [3.05, 3.63) is 40.5 Å². The minimum atomic E-state index is -0.0759. The third-order valence-electron chi connectivity index (χ3n) is 1.86. The van der Waals surface area contributed by atoms with Gasteiger partial charge in [0.05, 0.1) is 17.2 Å². The minimum absolute atomic E-state index is 0.0759. The van der Waals surface area contributed by atoms with Crippen LogP contribution in [0, 0.1) is 0 Å². The SMILES string of the molecule is OCc1nc(Cl)sc1-c1ccccc1. The first-order valence-electron chi connectivity index (χ1n) is 4.12. The molecule has 72 valence electrons. The number of rotatable bonds is 2. The van der Waals surface area contributed by atoms with E-state index >= 15 is 0 Å². The minimum Gasteiger partial charge on any atom is -0.390 e. The molecule has 1 aromatic carbocycles. The molecule has 0 saturated carbocycles. The van der Waals surface area contributed by atoms with Gasteiger partial charge < -0.3 is 5.11 Å². The molecular formula is C10H8ClNOS. The molecule has 0 aliphatic rings. The first kappa shape index (κ1) is 9.65. The molecule has 0 aliphatic carbocycles. The summed E-state index contributed by atoms with van der Waals surface area (Å²) >= 11 is 7.18. The predicted molar refractivity (Wildman–Crippen MR) is 58.5 cm³/mol. The van der Waals surface area contributed by atoms with E-state index < -0.39 is 0 Å². The van der Waals surface area contributed by atoms with E-state index in [4.69, 9.17) is 16.7 Å². The Morgan fingerprint density at radius 2 is 2.00 bits per heavy atom. The summed E-state index contributed by atoms with van der Waals surface area (Å²) in [5.74, 6) is 0. The van der Waals surface area contributed by atoms with Gasteiger partial charge in [-0.1, -0.05) is 41.9 Å². The molecule has 2 rings (SSSR count). The predicted octanol–water partition coefficient (Wildman–Crippen LogP) is 2.96. The molecular weight excluding hydrogens is 218 g/mol. The van der Waals surface area contributed by atoms with Gasteiger partial charge in [0, 0.05) is 0 Å². The molecule has 0 spiro atoms. The molecule has 2 nitrogen and oxygen atoms in total. The summed E-state index contributed by atoms with van der Waals surface area (Å²) in [5, 5.41) is 9.08. The van der Waals surface area contributed by atoms with Gasteiger partial charge in [-0.15, -0.1) is 11.3 Å². The van der Waals surface area contributed by atoms with Crippen LogP contribution in [0.25, 0.3) is 10.4 Å². The topological polar surface area (TPSA) is 33.1 Å². The Hall–Kier alpha value is -0.900. The Bertz CT molecular complexity index is 427. The van der Waals surface area contributed by atoms with Crippen molar-refractivity contribution in [2.24, 2.45) is 0 Å². The van der Waals surface area contributed by atoms with Gasteiger partial charge in [0.2, 0.25) is 0 Å². The van der Waals surface area contributed by atoms with E-state index in [-0.39, 0.29) is 6.61 Å². The van der Waals surface area contributed by atoms with Crippen molar-refractivity contribution in [2.75, 3.05) is 0 Å². The van der Waals surface area contributed by atoms with Crippen molar-refractivity contribution in [2.45, 2.75) is 6.61 Å². The lowest BCUT2D eigenvalue weighted by molar-refractivity contribution is 0.278. The molecule has 0 aliphatic heterocycles. The molecule has 1 N–H and O–H groups in total. The first-order valence-corrected chi connectivity index (χ1v) is 5.32. The highest BCUT2D eigenvalue weighted by molar-refractivity contribution is 7.19. The zero-order chi connectivity index (χ0) is 9.97. The lowest BCUT2D eigenvalue weighted by Gasteiger charge is -1.97. The first-order chi connectivity index (χ1) is 6.81. The molecule has 1 heterocycles. The van der Waals surface area contributed by atoms with E-state index in [0.29, 0.717) is 10.2 Å². The van der Waals surface area contributed by atoms with Crippen LogP contribution < -0.4 is 0 Å². The van der Waals surface area contributed by atoms with Crippen molar-refractivity contribution in [1.29, 1.82) is 0 Å². The van der Waals surface area contributed by atoms with Crippen LogP contribution in [0.4, 0.5) is 0 Å². The van der Waals surface area contributed by atoms with Gasteiger partial charge in [-0.25, -0.2) is 4.98 Å². The second-order valence-electron chi connectivity index (χ2n) is 2.77. The normalized spacial score (nSPS) is 10.4. The average Bonchev–Trinajstić information content (AvgIpc) is 2.61. The van der Waals surface area contributed by atoms with E-state index in [9.17, 15) is 0 Å². The Kier molecular flexibility index (Phi) is 2.82. The lowest BCUT2D eigenvalue weighted by atomic mass is 10.2. The van der Waals surface area contributed by atoms with Crippen LogP contribution in [0.1, 0.15) is 5.69 Å². The van der Waals surface area contributed by atoms with Gasteiger partial charge in [0.1, 0.15) is 0 Å². The van der Waals surface area contributed by atoms with E-state index in [1.165, 1.54) is 11.3 Å². The number of halogens is 1. The highest BCUT2D eigenvalue weighted by Crippen LogP contribution is 2.32. The van der Waals surface area contributed by atoms with Crippen LogP contribution in [0.15, 0.2) is 30.3 Å². The van der Waals surface area contributed by atoms with Crippen LogP contribution in [-0.2, 0) is 6.61 Å². The Morgan fingerprint density at radius 3 is 2.64 bits per heavy atom. The third-order valence-corrected chi connectivity index (χ3v) is 3.11. The van der Waals surface area contributed by atoms with Crippen molar-refractivity contribution in [1.82, 2.24) is 4.98 Å². The largest absolute Gasteiger partial charge is 0.390 e. The second kappa shape index (κ2) is 4.09. The fourth-order valence-electron chi connectivity index (χ4n) is 1.25. The Balaban J connectivity index is 2.51. The quantitative estimate of drug-likeness (QED) is 0.853. The van der Waals surface area contributed by atoms with Crippen molar-refractivity contribution < 1.29 is 5.11 Å². The molecule has 0 unspecified atom stereocenters. The van der Waals surface area contributed by atoms with Gasteiger partial charge in [0.15, 0.2) is 4.47 Å². The molecule has 4 heteroatoms. The fourth-order valence-corrected chi connectivity index (χ4v) is 2.38. The summed E-state index contributed by atoms with van der Waals surface area (Å²) in [6, 6.07) is 9.80. The maximum absolute atomic E-state index is 9.08. The Morgan fingerprint density at radius 1 is 1.29 bits per heavy atom. The van der Waals surface area contributed by atoms with Gasteiger partial charge in [0.25, 0.3) is 0 Å². The lowest BCUT2D eigenvalue weighted by Crippen LogP contribution is -1.85. The number of benzene rings is 1. The van der Waals surface area contributed by atoms with Crippen molar-refractivity contribution in [3.8, 4) is 10.4 Å². The highest BCUT2D eigenvalue weighted by Gasteiger charge is 2.10. The van der Waals surface area contributed by atoms with Crippen LogP contribution in [0.2, 0.25) is 4.47 Å². The zero-order valence-corrected chi connectivity index (χ0v) is 8.85. The van der Waals surface area contributed by atoms with E-state index in [1.54, 1.807) is 0 Å². The number of aliphatic hydroxyl groups excluding tert-OH is 1. The maximum Gasteiger partial charge on any atom is 0.184 e. The molecule has 0 radical (unpaired) electrons. The van der Waals surface area contributed by atoms with E-state index in [2.05, 4.69) is 4.98 Å². The van der Waals surface area contributed by atoms with Crippen LogP contribution >= 0.6 is 22.9 Å². The van der Waals surface area contributed by atoms with Crippen LogP contribution in [-0.4, -0.2) is 10.1 Å². The third kappa shape index (κ3) is 1.80. The number of nitrogens with zero attached hydrogens (tertiary/aromatic N) is 1. The number of thiazole rings is 1. The number of aromatic nitrogens is 1. The molecule has 0 atom stereocenters. The maximum atomic E-state index is 9.08. The second-order valence-corrected chi connectivity index (χ2v) is 4.35. The summed E-state index contributed by atoms with van der Waals surface area (Å²) in [5.41, 5.74) is 1.69. The zero-order valence-electron chi connectivity index (χ0n) is 7.27. The monoisotopic (exact) mass is 225 g/mol. The number of aliphatic hydroxyl groups is 1. The average molecular weight is 226 g/mol. The van der Waals surface area contributed by atoms with E-state index in [0.717, 1.165) is 10.4 Å². The van der Waals surface area contributed by atoms with Gasteiger partial charge in [-0.2, -0.15) is 0 Å². The molecule has 1 aromatic heterocycles. The summed E-state index contributed by atoms with van der Waals surface area (Å²) in [6.45, 7) is -0.0759. The highest BCUT2D eigenvalue weighted by atomic mass is 35.5. The molecule has 0 saturated heterocycles. The van der Waals surface area contributed by atoms with Crippen molar-refractivity contribution >= 4 is 22.9 Å². The van der Waals surface area contributed by atoms with Gasteiger partial charge in [-0.05, 0) is 5.56 Å². The van der Waals surface area contributed by atoms with Crippen molar-refractivity contribution in [3.63, 3.8) is 0 Å². The van der Waals surface area contributed by atoms with Crippen LogP contribution in [0.3, 0.4) is 0 Å². The van der Waals surface area contributed by atoms with Crippen LogP contribution in [0.5, 0.6) is 0 Å². The molecule has 2 aromatic rings. The van der Waals surface area contributed by atoms with Gasteiger partial charge >= 0.3 is 0 Å². The summed E-state index contributed by atoms with van der Waals surface area (Å²) in [6.07, 6.45) is 0. The number of hydrogen-bond acceptors (Lipinski definition) is 3. The molecule has 0 bridgehead atoms. The fraction of sp³-hybridized carbons (Fsp3) is 0.100. The summed E-state index contributed by atoms with van der Waals surface area (Å²) in [7, 11) is 0. The standard InChI is InChI=1S/C10H8ClNOS/c11-10-12-8(6-13)9(14-10)7-4-2-1-3-5-7/h1-5,13H,6H2. The number of hydrogen-bond donors (Lipinski definition) is 1.